The molecule has 1 amide bonds. The number of benzene rings is 1. The molecule has 0 aromatic heterocycles. The maximum Gasteiger partial charge on any atom is 0.242 e. The largest absolute Gasteiger partial charge is 0.383 e. The van der Waals surface area contributed by atoms with E-state index in [0.717, 1.165) is 0 Å². The Morgan fingerprint density at radius 2 is 1.95 bits per heavy atom. The van der Waals surface area contributed by atoms with Crippen LogP contribution < -0.4 is 15.8 Å². The molecule has 4 N–H and O–H groups in total. The summed E-state index contributed by atoms with van der Waals surface area (Å²) in [6.45, 7) is 3.80. The smallest absolute Gasteiger partial charge is 0.242 e. The van der Waals surface area contributed by atoms with E-state index in [1.165, 1.54) is 6.07 Å². The van der Waals surface area contributed by atoms with Crippen molar-refractivity contribution in [1.29, 1.82) is 0 Å². The van der Waals surface area contributed by atoms with Crippen LogP contribution in [0.2, 0.25) is 0 Å². The van der Waals surface area contributed by atoms with E-state index in [2.05, 4.69) is 10.0 Å². The number of nitrogens with one attached hydrogen (secondary N) is 2. The molecule has 1 aromatic carbocycles. The second kappa shape index (κ2) is 6.53. The molecule has 0 atom stereocenters. The Labute approximate surface area is 113 Å². The molecule has 106 valence electrons. The van der Waals surface area contributed by atoms with Gasteiger partial charge >= 0.3 is 0 Å². The minimum absolute atomic E-state index is 0.145. The van der Waals surface area contributed by atoms with Crippen LogP contribution in [-0.2, 0) is 14.8 Å². The first-order chi connectivity index (χ1) is 8.83. The molecule has 0 heterocycles. The lowest BCUT2D eigenvalue weighted by Gasteiger charge is -2.14. The van der Waals surface area contributed by atoms with Gasteiger partial charge in [0.05, 0.1) is 5.69 Å². The van der Waals surface area contributed by atoms with Gasteiger partial charge in [-0.3, -0.25) is 4.79 Å². The lowest BCUT2D eigenvalue weighted by molar-refractivity contribution is -0.117. The number of nitrogens with two attached hydrogens (primary N) is 1. The van der Waals surface area contributed by atoms with E-state index < -0.39 is 15.9 Å². The average Bonchev–Trinajstić information content (AvgIpc) is 2.27. The highest BCUT2D eigenvalue weighted by atomic mass is 32.2. The number of amides is 1. The number of sulfonamides is 1. The molecular formula is C12H19N3O3S. The number of rotatable bonds is 7. The molecule has 0 aliphatic heterocycles. The molecule has 7 heteroatoms. The van der Waals surface area contributed by atoms with Crippen molar-refractivity contribution in [3.63, 3.8) is 0 Å². The summed E-state index contributed by atoms with van der Waals surface area (Å²) >= 11 is 0. The number of para-hydroxylation sites is 1. The predicted molar refractivity (Wildman–Crippen MR) is 74.2 cm³/mol. The Morgan fingerprint density at radius 3 is 2.53 bits per heavy atom. The minimum atomic E-state index is -3.57. The van der Waals surface area contributed by atoms with Crippen LogP contribution in [0.25, 0.3) is 0 Å². The third-order valence-corrected chi connectivity index (χ3v) is 3.97. The Hall–Kier alpha value is -1.60. The first-order valence-corrected chi connectivity index (χ1v) is 7.45. The second-order valence-corrected chi connectivity index (χ2v) is 6.10. The van der Waals surface area contributed by atoms with Crippen molar-refractivity contribution in [2.75, 3.05) is 11.9 Å². The second-order valence-electron chi connectivity index (χ2n) is 4.42. The summed E-state index contributed by atoms with van der Waals surface area (Å²) in [7, 11) is -3.57. The fourth-order valence-corrected chi connectivity index (χ4v) is 2.98. The van der Waals surface area contributed by atoms with E-state index in [1.54, 1.807) is 32.0 Å². The van der Waals surface area contributed by atoms with E-state index in [9.17, 15) is 13.2 Å². The maximum atomic E-state index is 12.1. The quantitative estimate of drug-likeness (QED) is 0.685. The van der Waals surface area contributed by atoms with Crippen molar-refractivity contribution in [2.24, 2.45) is 5.73 Å². The van der Waals surface area contributed by atoms with Crippen molar-refractivity contribution in [3.8, 4) is 0 Å². The molecule has 0 radical (unpaired) electrons. The number of hydrogen-bond donors (Lipinski definition) is 3. The number of hydrogen-bond acceptors (Lipinski definition) is 4. The standard InChI is InChI=1S/C12H19N3O3S/c1-9(2)15-19(17,18)11-6-4-3-5-10(11)14-8-7-12(13)16/h3-6,9,14-15H,7-8H2,1-2H3,(H2,13,16). The zero-order valence-corrected chi connectivity index (χ0v) is 11.8. The molecule has 0 unspecified atom stereocenters. The van der Waals surface area contributed by atoms with Gasteiger partial charge in [0.25, 0.3) is 0 Å². The number of carbonyl (C=O) groups is 1. The summed E-state index contributed by atoms with van der Waals surface area (Å²) in [5.74, 6) is -0.437. The van der Waals surface area contributed by atoms with Gasteiger partial charge in [-0.2, -0.15) is 0 Å². The van der Waals surface area contributed by atoms with Gasteiger partial charge in [-0.25, -0.2) is 13.1 Å². The maximum absolute atomic E-state index is 12.1. The number of primary amides is 1. The van der Waals surface area contributed by atoms with Crippen LogP contribution in [0.4, 0.5) is 5.69 Å². The zero-order valence-electron chi connectivity index (χ0n) is 11.0. The van der Waals surface area contributed by atoms with Gasteiger partial charge in [-0.05, 0) is 26.0 Å². The Bertz CT molecular complexity index is 541. The third-order valence-electron chi connectivity index (χ3n) is 2.25. The SMILES string of the molecule is CC(C)NS(=O)(=O)c1ccccc1NCCC(N)=O. The summed E-state index contributed by atoms with van der Waals surface area (Å²) in [5, 5.41) is 2.90. The summed E-state index contributed by atoms with van der Waals surface area (Å²) in [6, 6.07) is 6.34. The van der Waals surface area contributed by atoms with Crippen molar-refractivity contribution in [2.45, 2.75) is 31.2 Å². The third kappa shape index (κ3) is 4.88. The van der Waals surface area contributed by atoms with Crippen molar-refractivity contribution in [3.05, 3.63) is 24.3 Å². The van der Waals surface area contributed by atoms with Crippen molar-refractivity contribution in [1.82, 2.24) is 4.72 Å². The molecular weight excluding hydrogens is 266 g/mol. The number of anilines is 1. The minimum Gasteiger partial charge on any atom is -0.383 e. The molecule has 0 fully saturated rings. The molecule has 0 spiro atoms. The van der Waals surface area contributed by atoms with Gasteiger partial charge in [-0.15, -0.1) is 0 Å². The Morgan fingerprint density at radius 1 is 1.32 bits per heavy atom. The summed E-state index contributed by atoms with van der Waals surface area (Å²) in [6.07, 6.45) is 0.145. The van der Waals surface area contributed by atoms with Gasteiger partial charge in [0.2, 0.25) is 15.9 Å². The van der Waals surface area contributed by atoms with Crippen LogP contribution in [0.15, 0.2) is 29.2 Å². The van der Waals surface area contributed by atoms with E-state index in [1.807, 2.05) is 0 Å². The van der Waals surface area contributed by atoms with Crippen molar-refractivity contribution < 1.29 is 13.2 Å². The molecule has 19 heavy (non-hydrogen) atoms. The Balaban J connectivity index is 2.92. The average molecular weight is 285 g/mol. The molecule has 0 saturated carbocycles. The zero-order chi connectivity index (χ0) is 14.5. The highest BCUT2D eigenvalue weighted by Gasteiger charge is 2.18. The topological polar surface area (TPSA) is 101 Å². The first kappa shape index (κ1) is 15.5. The molecule has 0 saturated heterocycles. The lowest BCUT2D eigenvalue weighted by Crippen LogP contribution is -2.30. The first-order valence-electron chi connectivity index (χ1n) is 5.96. The van der Waals surface area contributed by atoms with E-state index >= 15 is 0 Å². The van der Waals surface area contributed by atoms with Crippen LogP contribution in [0.1, 0.15) is 20.3 Å². The Kier molecular flexibility index (Phi) is 5.31. The molecule has 6 nitrogen and oxygen atoms in total. The summed E-state index contributed by atoms with van der Waals surface area (Å²) in [4.78, 5) is 10.8. The van der Waals surface area contributed by atoms with E-state index in [0.29, 0.717) is 12.2 Å². The summed E-state index contributed by atoms with van der Waals surface area (Å²) < 4.78 is 26.8. The van der Waals surface area contributed by atoms with E-state index in [-0.39, 0.29) is 17.4 Å². The molecule has 1 rings (SSSR count). The summed E-state index contributed by atoms with van der Waals surface area (Å²) in [5.41, 5.74) is 5.49. The predicted octanol–water partition coefficient (Wildman–Crippen LogP) is 0.661. The molecule has 0 aliphatic rings. The fourth-order valence-electron chi connectivity index (χ4n) is 1.54. The van der Waals surface area contributed by atoms with Crippen LogP contribution in [0.5, 0.6) is 0 Å². The lowest BCUT2D eigenvalue weighted by atomic mass is 10.3. The molecule has 1 aromatic rings. The normalized spacial score (nSPS) is 11.5. The highest BCUT2D eigenvalue weighted by molar-refractivity contribution is 7.89. The highest BCUT2D eigenvalue weighted by Crippen LogP contribution is 2.20. The molecule has 0 bridgehead atoms. The van der Waals surface area contributed by atoms with E-state index in [4.69, 9.17) is 5.73 Å². The van der Waals surface area contributed by atoms with Gasteiger partial charge in [0, 0.05) is 19.0 Å². The van der Waals surface area contributed by atoms with Crippen LogP contribution in [0, 0.1) is 0 Å². The fraction of sp³-hybridized carbons (Fsp3) is 0.417. The van der Waals surface area contributed by atoms with Gasteiger partial charge in [0.15, 0.2) is 0 Å². The monoisotopic (exact) mass is 285 g/mol. The van der Waals surface area contributed by atoms with Gasteiger partial charge in [0.1, 0.15) is 4.90 Å². The van der Waals surface area contributed by atoms with Crippen LogP contribution in [0.3, 0.4) is 0 Å². The van der Waals surface area contributed by atoms with Gasteiger partial charge in [-0.1, -0.05) is 12.1 Å². The van der Waals surface area contributed by atoms with Gasteiger partial charge < -0.3 is 11.1 Å². The van der Waals surface area contributed by atoms with Crippen LogP contribution in [-0.4, -0.2) is 26.9 Å². The van der Waals surface area contributed by atoms with Crippen molar-refractivity contribution >= 4 is 21.6 Å². The van der Waals surface area contributed by atoms with Crippen LogP contribution >= 0.6 is 0 Å². The molecule has 0 aliphatic carbocycles. The number of carbonyl (C=O) groups excluding carboxylic acids is 1.